The van der Waals surface area contributed by atoms with Gasteiger partial charge in [-0.15, -0.1) is 0 Å². The summed E-state index contributed by atoms with van der Waals surface area (Å²) >= 11 is 5.60. The molecule has 1 heterocycles. The molecular formula is C19H36ClN3O3. The number of amides is 1. The Morgan fingerprint density at radius 3 is 2.31 bits per heavy atom. The van der Waals surface area contributed by atoms with Crippen LogP contribution in [0.5, 0.6) is 0 Å². The molecule has 1 amide bonds. The minimum atomic E-state index is -0.387. The highest BCUT2D eigenvalue weighted by Gasteiger charge is 2.29. The Bertz CT molecular complexity index is 396. The molecule has 0 saturated carbocycles. The molecule has 26 heavy (non-hydrogen) atoms. The summed E-state index contributed by atoms with van der Waals surface area (Å²) in [6, 6.07) is 0.0290. The number of carbonyl (C=O) groups excluding carboxylic acids is 1. The van der Waals surface area contributed by atoms with E-state index >= 15 is 0 Å². The van der Waals surface area contributed by atoms with E-state index in [1.54, 1.807) is 4.90 Å². The van der Waals surface area contributed by atoms with E-state index in [4.69, 9.17) is 21.1 Å². The molecule has 1 fully saturated rings. The predicted octanol–water partition coefficient (Wildman–Crippen LogP) is 3.12. The fourth-order valence-corrected chi connectivity index (χ4v) is 3.22. The lowest BCUT2D eigenvalue weighted by Gasteiger charge is -2.24. The van der Waals surface area contributed by atoms with Gasteiger partial charge in [-0.1, -0.05) is 6.58 Å². The molecular weight excluding hydrogens is 354 g/mol. The van der Waals surface area contributed by atoms with Crippen LogP contribution in [0.4, 0.5) is 4.79 Å². The molecule has 1 aliphatic rings. The maximum absolute atomic E-state index is 11.4. The maximum atomic E-state index is 11.4. The summed E-state index contributed by atoms with van der Waals surface area (Å²) in [4.78, 5) is 13.0. The molecule has 0 spiro atoms. The fraction of sp³-hybridized carbons (Fsp3) is 0.842. The number of carbonyl (C=O) groups is 1. The third-order valence-corrected chi connectivity index (χ3v) is 4.71. The highest BCUT2D eigenvalue weighted by Crippen LogP contribution is 2.22. The number of ether oxygens (including phenoxy) is 2. The summed E-state index contributed by atoms with van der Waals surface area (Å²) in [6.45, 7) is 9.82. The van der Waals surface area contributed by atoms with E-state index in [1.165, 1.54) is 0 Å². The minimum Gasteiger partial charge on any atom is -0.387 e. The molecule has 0 aromatic carbocycles. The second-order valence-electron chi connectivity index (χ2n) is 6.65. The first-order valence-electron chi connectivity index (χ1n) is 9.85. The highest BCUT2D eigenvalue weighted by atomic mass is 35.5. The largest absolute Gasteiger partial charge is 0.387 e. The van der Waals surface area contributed by atoms with Gasteiger partial charge >= 0.3 is 5.37 Å². The topological polar surface area (TPSA) is 62.8 Å². The first-order valence-corrected chi connectivity index (χ1v) is 10.2. The van der Waals surface area contributed by atoms with Crippen LogP contribution in [0.3, 0.4) is 0 Å². The van der Waals surface area contributed by atoms with Crippen LogP contribution in [0.15, 0.2) is 12.3 Å². The number of rotatable bonds is 16. The first kappa shape index (κ1) is 23.2. The SMILES string of the molecule is C=C(NCCCOCCCCCOCCCNC)C1CCCN1C(=O)Cl. The molecule has 1 unspecified atom stereocenters. The number of likely N-dealkylation sites (tertiary alicyclic amines) is 1. The zero-order valence-corrected chi connectivity index (χ0v) is 17.0. The zero-order chi connectivity index (χ0) is 19.0. The molecule has 1 atom stereocenters. The van der Waals surface area contributed by atoms with Crippen molar-refractivity contribution in [3.8, 4) is 0 Å². The molecule has 0 aromatic rings. The van der Waals surface area contributed by atoms with Crippen molar-refractivity contribution in [1.82, 2.24) is 15.5 Å². The van der Waals surface area contributed by atoms with E-state index in [2.05, 4.69) is 17.2 Å². The van der Waals surface area contributed by atoms with Crippen molar-refractivity contribution in [3.05, 3.63) is 12.3 Å². The molecule has 0 radical (unpaired) electrons. The normalized spacial score (nSPS) is 16.8. The van der Waals surface area contributed by atoms with Crippen molar-refractivity contribution in [1.29, 1.82) is 0 Å². The Morgan fingerprint density at radius 2 is 1.69 bits per heavy atom. The highest BCUT2D eigenvalue weighted by molar-refractivity contribution is 6.62. The Morgan fingerprint density at radius 1 is 1.08 bits per heavy atom. The van der Waals surface area contributed by atoms with Gasteiger partial charge in [-0.25, -0.2) is 0 Å². The fourth-order valence-electron chi connectivity index (χ4n) is 3.02. The van der Waals surface area contributed by atoms with Gasteiger partial charge in [0.25, 0.3) is 0 Å². The number of hydrogen-bond donors (Lipinski definition) is 2. The summed E-state index contributed by atoms with van der Waals surface area (Å²) in [7, 11) is 1.96. The average Bonchev–Trinajstić information content (AvgIpc) is 3.12. The van der Waals surface area contributed by atoms with Crippen LogP contribution in [-0.4, -0.2) is 69.4 Å². The predicted molar refractivity (Wildman–Crippen MR) is 107 cm³/mol. The quantitative estimate of drug-likeness (QED) is 0.241. The molecule has 6 nitrogen and oxygen atoms in total. The molecule has 152 valence electrons. The van der Waals surface area contributed by atoms with Gasteiger partial charge in [0, 0.05) is 45.2 Å². The van der Waals surface area contributed by atoms with Crippen LogP contribution < -0.4 is 10.6 Å². The van der Waals surface area contributed by atoms with Crippen LogP contribution in [0, 0.1) is 0 Å². The molecule has 1 saturated heterocycles. The van der Waals surface area contributed by atoms with Gasteiger partial charge in [0.2, 0.25) is 0 Å². The second-order valence-corrected chi connectivity index (χ2v) is 6.98. The summed E-state index contributed by atoms with van der Waals surface area (Å²) < 4.78 is 11.2. The Kier molecular flexibility index (Phi) is 13.6. The van der Waals surface area contributed by atoms with E-state index < -0.39 is 0 Å². The Hall–Kier alpha value is -0.820. The number of nitrogens with one attached hydrogen (secondary N) is 2. The van der Waals surface area contributed by atoms with E-state index in [9.17, 15) is 4.79 Å². The monoisotopic (exact) mass is 389 g/mol. The Balaban J connectivity index is 1.86. The van der Waals surface area contributed by atoms with Crippen LogP contribution in [-0.2, 0) is 9.47 Å². The zero-order valence-electron chi connectivity index (χ0n) is 16.2. The van der Waals surface area contributed by atoms with Gasteiger partial charge in [0.05, 0.1) is 6.04 Å². The number of halogens is 1. The van der Waals surface area contributed by atoms with Gasteiger partial charge in [0.15, 0.2) is 0 Å². The Labute approximate surface area is 163 Å². The first-order chi connectivity index (χ1) is 12.7. The lowest BCUT2D eigenvalue weighted by atomic mass is 10.1. The van der Waals surface area contributed by atoms with Crippen LogP contribution in [0.1, 0.15) is 44.9 Å². The smallest absolute Gasteiger partial charge is 0.316 e. The van der Waals surface area contributed by atoms with Gasteiger partial charge in [-0.3, -0.25) is 4.79 Å². The van der Waals surface area contributed by atoms with Crippen LogP contribution in [0.25, 0.3) is 0 Å². The molecule has 2 N–H and O–H groups in total. The maximum Gasteiger partial charge on any atom is 0.316 e. The van der Waals surface area contributed by atoms with Crippen molar-refractivity contribution in [2.45, 2.75) is 51.0 Å². The van der Waals surface area contributed by atoms with Crippen LogP contribution in [0.2, 0.25) is 0 Å². The van der Waals surface area contributed by atoms with E-state index in [1.807, 2.05) is 7.05 Å². The van der Waals surface area contributed by atoms with E-state index in [0.717, 1.165) is 96.7 Å². The number of hydrogen-bond acceptors (Lipinski definition) is 5. The lowest BCUT2D eigenvalue weighted by molar-refractivity contribution is 0.113. The third kappa shape index (κ3) is 10.4. The minimum absolute atomic E-state index is 0.0290. The van der Waals surface area contributed by atoms with Gasteiger partial charge in [-0.05, 0) is 70.1 Å². The average molecular weight is 390 g/mol. The van der Waals surface area contributed by atoms with Crippen molar-refractivity contribution in [3.63, 3.8) is 0 Å². The molecule has 0 aromatic heterocycles. The third-order valence-electron chi connectivity index (χ3n) is 4.49. The molecule has 0 aliphatic carbocycles. The van der Waals surface area contributed by atoms with Crippen molar-refractivity contribution in [2.75, 3.05) is 53.1 Å². The van der Waals surface area contributed by atoms with Gasteiger partial charge in [0.1, 0.15) is 0 Å². The standard InChI is InChI=1S/C19H36ClN3O3/c1-17(18-9-6-12-23(18)19(20)24)22-11-8-16-26-14-5-3-4-13-25-15-7-10-21-2/h18,21-22H,1,3-16H2,2H3. The molecule has 0 bridgehead atoms. The lowest BCUT2D eigenvalue weighted by Crippen LogP contribution is -2.37. The second kappa shape index (κ2) is 15.3. The van der Waals surface area contributed by atoms with Gasteiger partial charge in [-0.2, -0.15) is 0 Å². The van der Waals surface area contributed by atoms with Crippen molar-refractivity contribution >= 4 is 17.0 Å². The van der Waals surface area contributed by atoms with E-state index in [0.29, 0.717) is 0 Å². The van der Waals surface area contributed by atoms with Crippen molar-refractivity contribution < 1.29 is 14.3 Å². The number of nitrogens with zero attached hydrogens (tertiary/aromatic N) is 1. The summed E-state index contributed by atoms with van der Waals surface area (Å²) in [5.41, 5.74) is 0.881. The molecule has 1 aliphatic heterocycles. The van der Waals surface area contributed by atoms with Crippen molar-refractivity contribution in [2.24, 2.45) is 0 Å². The van der Waals surface area contributed by atoms with Crippen LogP contribution >= 0.6 is 11.6 Å². The molecule has 1 rings (SSSR count). The van der Waals surface area contributed by atoms with E-state index in [-0.39, 0.29) is 11.4 Å². The summed E-state index contributed by atoms with van der Waals surface area (Å²) in [5.74, 6) is 0. The summed E-state index contributed by atoms with van der Waals surface area (Å²) in [5, 5.41) is 6.02. The van der Waals surface area contributed by atoms with Gasteiger partial charge < -0.3 is 25.0 Å². The molecule has 7 heteroatoms. The number of unbranched alkanes of at least 4 members (excludes halogenated alkanes) is 2. The summed E-state index contributed by atoms with van der Waals surface area (Å²) in [6.07, 6.45) is 7.23.